The summed E-state index contributed by atoms with van der Waals surface area (Å²) in [5.41, 5.74) is 3.07. The van der Waals surface area contributed by atoms with Crippen LogP contribution >= 0.6 is 0 Å². The third kappa shape index (κ3) is 6.94. The van der Waals surface area contributed by atoms with Gasteiger partial charge in [0.1, 0.15) is 11.3 Å². The van der Waals surface area contributed by atoms with Gasteiger partial charge in [-0.3, -0.25) is 0 Å². The van der Waals surface area contributed by atoms with Crippen molar-refractivity contribution in [1.82, 2.24) is 0 Å². The van der Waals surface area contributed by atoms with E-state index in [0.717, 1.165) is 27.7 Å². The first kappa shape index (κ1) is 26.0. The number of hydrogen-bond acceptors (Lipinski definition) is 7. The second-order valence-corrected chi connectivity index (χ2v) is 9.24. The number of halogens is 1. The van der Waals surface area contributed by atoms with Crippen molar-refractivity contribution in [1.29, 1.82) is 0 Å². The molecular weight excluding hydrogens is 462 g/mol. The Hall–Kier alpha value is -2.62. The van der Waals surface area contributed by atoms with Crippen LogP contribution in [0.3, 0.4) is 0 Å². The van der Waals surface area contributed by atoms with E-state index < -0.39 is 10.2 Å². The van der Waals surface area contributed by atoms with Crippen molar-refractivity contribution in [3.8, 4) is 22.8 Å². The zero-order valence-corrected chi connectivity index (χ0v) is 20.5. The van der Waals surface area contributed by atoms with Crippen molar-refractivity contribution < 1.29 is 47.8 Å². The molecule has 34 heavy (non-hydrogen) atoms. The van der Waals surface area contributed by atoms with Crippen molar-refractivity contribution >= 4 is 11.0 Å². The highest BCUT2D eigenvalue weighted by Crippen LogP contribution is 2.32. The lowest BCUT2D eigenvalue weighted by Gasteiger charge is -2.21. The molecule has 4 rings (SSSR count). The van der Waals surface area contributed by atoms with Crippen LogP contribution in [0.2, 0.25) is 0 Å². The van der Waals surface area contributed by atoms with Crippen LogP contribution in [0, 0.1) is 23.1 Å². The van der Waals surface area contributed by atoms with Crippen LogP contribution in [0.15, 0.2) is 46.9 Å². The fourth-order valence-electron chi connectivity index (χ4n) is 4.28. The topological polar surface area (TPSA) is 138 Å². The van der Waals surface area contributed by atoms with E-state index >= 15 is 0 Å². The van der Waals surface area contributed by atoms with E-state index in [9.17, 15) is 0 Å². The molecule has 0 radical (unpaired) electrons. The summed E-state index contributed by atoms with van der Waals surface area (Å²) in [7, 11) is -1.65. The van der Waals surface area contributed by atoms with Gasteiger partial charge in [-0.2, -0.15) is 0 Å². The predicted octanol–water partition coefficient (Wildman–Crippen LogP) is -0.771. The summed E-state index contributed by atoms with van der Waals surface area (Å²) in [6, 6.07) is 14.9. The van der Waals surface area contributed by atoms with Gasteiger partial charge in [-0.1, -0.05) is 25.0 Å². The smallest absolute Gasteiger partial charge is 0.213 e. The summed E-state index contributed by atoms with van der Waals surface area (Å²) in [5, 5.41) is 2.27. The Labute approximate surface area is 200 Å². The first-order valence-corrected chi connectivity index (χ1v) is 12.3. The van der Waals surface area contributed by atoms with Crippen molar-refractivity contribution in [2.24, 2.45) is 5.92 Å². The Morgan fingerprint density at radius 3 is 2.24 bits per heavy atom. The van der Waals surface area contributed by atoms with Crippen LogP contribution in [0.5, 0.6) is 11.5 Å². The fraction of sp³-hybridized carbons (Fsp3) is 0.400. The van der Waals surface area contributed by atoms with E-state index in [1.165, 1.54) is 31.2 Å². The highest BCUT2D eigenvalue weighted by molar-refractivity contribution is 5.79. The third-order valence-corrected chi connectivity index (χ3v) is 6.04. The maximum Gasteiger partial charge on any atom is 0.213 e. The van der Waals surface area contributed by atoms with Gasteiger partial charge >= 0.3 is 0 Å². The molecule has 0 spiro atoms. The highest BCUT2D eigenvalue weighted by atomic mass is 35.7. The van der Waals surface area contributed by atoms with Crippen LogP contribution < -0.4 is 38.5 Å². The lowest BCUT2D eigenvalue weighted by Crippen LogP contribution is -2.84. The van der Waals surface area contributed by atoms with Gasteiger partial charge in [0, 0.05) is 17.9 Å². The van der Waals surface area contributed by atoms with Gasteiger partial charge in [0.15, 0.2) is 17.5 Å². The Kier molecular flexibility index (Phi) is 8.57. The molecule has 9 heteroatoms. The number of ether oxygens (including phenoxy) is 2. The summed E-state index contributed by atoms with van der Waals surface area (Å²) >= 11 is 0. The standard InChI is InChI=1S/C25H29NO3.ClHO4/c1-16-9-11-22-19(13-16)21(26-20-8-6-5-7-17(20)2)15-24(29-22)18-10-12-23(27-3)25(14-18)28-4;2-1(3,4)5/h9-15,17,20H,5-8H2,1-4H3;(H,2,3,4,5). The van der Waals surface area contributed by atoms with Gasteiger partial charge in [-0.15, -0.1) is 10.2 Å². The maximum absolute atomic E-state index is 8.49. The Morgan fingerprint density at radius 1 is 0.912 bits per heavy atom. The zero-order chi connectivity index (χ0) is 24.9. The molecule has 2 unspecified atom stereocenters. The van der Waals surface area contributed by atoms with Gasteiger partial charge in [0.2, 0.25) is 5.36 Å². The Balaban J connectivity index is 0.000000588. The summed E-state index contributed by atoms with van der Waals surface area (Å²) in [6.07, 6.45) is 5.12. The number of benzene rings is 2. The Morgan fingerprint density at radius 2 is 1.59 bits per heavy atom. The second kappa shape index (κ2) is 11.2. The average molecular weight is 492 g/mol. The normalized spacial score (nSPS) is 18.9. The van der Waals surface area contributed by atoms with Crippen LogP contribution in [-0.2, 0) is 0 Å². The van der Waals surface area contributed by atoms with Crippen LogP contribution in [-0.4, -0.2) is 20.3 Å². The molecule has 1 aliphatic carbocycles. The lowest BCUT2D eigenvalue weighted by atomic mass is 9.86. The van der Waals surface area contributed by atoms with Gasteiger partial charge in [0.25, 0.3) is 0 Å². The number of aryl methyl sites for hydroxylation is 1. The minimum atomic E-state index is -4.94. The minimum Gasteiger partial charge on any atom is -0.493 e. The van der Waals surface area contributed by atoms with Crippen LogP contribution in [0.4, 0.5) is 0 Å². The van der Waals surface area contributed by atoms with Gasteiger partial charge in [-0.25, -0.2) is 23.6 Å². The molecule has 0 aliphatic heterocycles. The van der Waals surface area contributed by atoms with Crippen LogP contribution in [0.25, 0.3) is 22.3 Å². The largest absolute Gasteiger partial charge is 0.493 e. The number of fused-ring (bicyclic) bond motifs is 1. The number of methoxy groups -OCH3 is 2. The molecule has 1 saturated carbocycles. The summed E-state index contributed by atoms with van der Waals surface area (Å²) in [6.45, 7) is 4.47. The van der Waals surface area contributed by atoms with Crippen LogP contribution in [0.1, 0.15) is 38.2 Å². The molecular formula is C25H30ClNO7. The van der Waals surface area contributed by atoms with Crippen molar-refractivity contribution in [2.75, 3.05) is 14.2 Å². The molecule has 0 bridgehead atoms. The quantitative estimate of drug-likeness (QED) is 0.505. The van der Waals surface area contributed by atoms with Gasteiger partial charge in [0.05, 0.1) is 25.7 Å². The predicted molar refractivity (Wildman–Crippen MR) is 115 cm³/mol. The molecule has 0 saturated heterocycles. The molecule has 1 fully saturated rings. The zero-order valence-electron chi connectivity index (χ0n) is 19.8. The maximum atomic E-state index is 8.49. The highest BCUT2D eigenvalue weighted by Gasteiger charge is 2.25. The molecule has 1 N–H and O–H groups in total. The second-order valence-electron chi connectivity index (χ2n) is 8.48. The van der Waals surface area contributed by atoms with E-state index in [1.807, 2.05) is 18.2 Å². The molecule has 2 aromatic carbocycles. The Bertz CT molecular complexity index is 1180. The molecule has 2 atom stereocenters. The van der Waals surface area contributed by atoms with E-state index in [2.05, 4.69) is 43.1 Å². The molecule has 8 nitrogen and oxygen atoms in total. The van der Waals surface area contributed by atoms with Crippen molar-refractivity contribution in [3.63, 3.8) is 0 Å². The molecule has 0 amide bonds. The SMILES string of the molecule is COc1ccc(-c2cc(=[NH+]C3CCCCC3C)c3cc(C)ccc3o2)cc1OC.[O-][Cl+3]([O-])([O-])[O-]. The van der Waals surface area contributed by atoms with E-state index in [1.54, 1.807) is 14.2 Å². The summed E-state index contributed by atoms with van der Waals surface area (Å²) in [4.78, 5) is 3.85. The van der Waals surface area contributed by atoms with Gasteiger partial charge < -0.3 is 13.9 Å². The van der Waals surface area contributed by atoms with E-state index in [-0.39, 0.29) is 0 Å². The monoisotopic (exact) mass is 491 g/mol. The van der Waals surface area contributed by atoms with E-state index in [4.69, 9.17) is 32.5 Å². The summed E-state index contributed by atoms with van der Waals surface area (Å²) < 4.78 is 51.1. The molecule has 1 aromatic heterocycles. The fourth-order valence-corrected chi connectivity index (χ4v) is 4.28. The van der Waals surface area contributed by atoms with Crippen molar-refractivity contribution in [2.45, 2.75) is 45.6 Å². The first-order chi connectivity index (χ1) is 16.1. The molecule has 184 valence electrons. The molecule has 3 aromatic rings. The average Bonchev–Trinajstić information content (AvgIpc) is 2.79. The third-order valence-electron chi connectivity index (χ3n) is 6.04. The summed E-state index contributed by atoms with van der Waals surface area (Å²) in [5.74, 6) is 2.89. The van der Waals surface area contributed by atoms with E-state index in [0.29, 0.717) is 23.5 Å². The first-order valence-electron chi connectivity index (χ1n) is 11.1. The van der Waals surface area contributed by atoms with Gasteiger partial charge in [-0.05, 0) is 50.1 Å². The number of nitrogens with one attached hydrogen (secondary N) is 1. The number of hydrogen-bond donors (Lipinski definition) is 1. The molecule has 1 heterocycles. The number of rotatable bonds is 4. The van der Waals surface area contributed by atoms with Crippen molar-refractivity contribution in [3.05, 3.63) is 53.4 Å². The minimum absolute atomic E-state index is 0.494. The lowest BCUT2D eigenvalue weighted by molar-refractivity contribution is -2.00. The molecule has 1 aliphatic rings.